The summed E-state index contributed by atoms with van der Waals surface area (Å²) in [5.41, 5.74) is 2.29. The van der Waals surface area contributed by atoms with Gasteiger partial charge in [-0.15, -0.1) is 0 Å². The van der Waals surface area contributed by atoms with E-state index in [2.05, 4.69) is 6.92 Å². The molecule has 0 aliphatic carbocycles. The van der Waals surface area contributed by atoms with Crippen molar-refractivity contribution in [1.82, 2.24) is 9.80 Å². The van der Waals surface area contributed by atoms with E-state index in [-0.39, 0.29) is 11.3 Å². The number of aryl methyl sites for hydroxylation is 1. The fourth-order valence-corrected chi connectivity index (χ4v) is 4.04. The topological polar surface area (TPSA) is 79.3 Å². The summed E-state index contributed by atoms with van der Waals surface area (Å²) in [6, 6.07) is 12.0. The zero-order valence-corrected chi connectivity index (χ0v) is 21.3. The Morgan fingerprint density at radius 1 is 1.03 bits per heavy atom. The summed E-state index contributed by atoms with van der Waals surface area (Å²) in [5.74, 6) is -0.316. The van der Waals surface area contributed by atoms with E-state index in [1.54, 1.807) is 12.1 Å². The minimum absolute atomic E-state index is 0.0831. The standard InChI is InChI=1S/C28H36N2O5/c1-6-8-17-35-22-14-13-21(18-23(22)34-7-2)25-24(26(31)20-11-9-19(3)10-12-20)27(32)28(33)30(25)16-15-29(4)5/h9-14,18,25,31H,6-8,15-17H2,1-5H3. The normalized spacial score (nSPS) is 17.3. The molecule has 1 saturated heterocycles. The summed E-state index contributed by atoms with van der Waals surface area (Å²) in [4.78, 5) is 29.8. The molecular weight excluding hydrogens is 444 g/mol. The fraction of sp³-hybridized carbons (Fsp3) is 0.429. The molecule has 0 spiro atoms. The van der Waals surface area contributed by atoms with Crippen molar-refractivity contribution in [2.24, 2.45) is 0 Å². The number of hydrogen-bond donors (Lipinski definition) is 1. The van der Waals surface area contributed by atoms with Crippen LogP contribution in [0.4, 0.5) is 0 Å². The van der Waals surface area contributed by atoms with Gasteiger partial charge in [-0.3, -0.25) is 9.59 Å². The molecule has 0 radical (unpaired) electrons. The number of nitrogens with zero attached hydrogens (tertiary/aromatic N) is 2. The van der Waals surface area contributed by atoms with Crippen LogP contribution in [0, 0.1) is 6.92 Å². The molecule has 188 valence electrons. The number of ether oxygens (including phenoxy) is 2. The maximum Gasteiger partial charge on any atom is 0.295 e. The summed E-state index contributed by atoms with van der Waals surface area (Å²) < 4.78 is 11.8. The molecule has 1 N–H and O–H groups in total. The first-order chi connectivity index (χ1) is 16.8. The number of ketones is 1. The average molecular weight is 481 g/mol. The van der Waals surface area contributed by atoms with Crippen molar-refractivity contribution in [2.75, 3.05) is 40.4 Å². The molecule has 2 aromatic carbocycles. The number of likely N-dealkylation sites (tertiary alicyclic amines) is 1. The Hall–Kier alpha value is -3.32. The molecule has 7 heteroatoms. The van der Waals surface area contributed by atoms with Crippen molar-refractivity contribution >= 4 is 17.4 Å². The fourth-order valence-electron chi connectivity index (χ4n) is 4.04. The Kier molecular flexibility index (Phi) is 8.93. The molecular formula is C28H36N2O5. The largest absolute Gasteiger partial charge is 0.507 e. The molecule has 0 bridgehead atoms. The first kappa shape index (κ1) is 26.3. The molecule has 1 fully saturated rings. The van der Waals surface area contributed by atoms with Gasteiger partial charge in [0.05, 0.1) is 24.8 Å². The highest BCUT2D eigenvalue weighted by Crippen LogP contribution is 2.42. The van der Waals surface area contributed by atoms with E-state index in [1.807, 2.05) is 63.2 Å². The van der Waals surface area contributed by atoms with Gasteiger partial charge in [0.1, 0.15) is 5.76 Å². The van der Waals surface area contributed by atoms with Crippen molar-refractivity contribution < 1.29 is 24.2 Å². The first-order valence-corrected chi connectivity index (χ1v) is 12.2. The third kappa shape index (κ3) is 6.03. The van der Waals surface area contributed by atoms with Gasteiger partial charge in [-0.05, 0) is 52.1 Å². The predicted molar refractivity (Wildman–Crippen MR) is 137 cm³/mol. The zero-order valence-electron chi connectivity index (χ0n) is 21.3. The monoisotopic (exact) mass is 480 g/mol. The molecule has 7 nitrogen and oxygen atoms in total. The van der Waals surface area contributed by atoms with Crippen molar-refractivity contribution in [2.45, 2.75) is 39.7 Å². The Labute approximate surface area is 207 Å². The molecule has 0 saturated carbocycles. The van der Waals surface area contributed by atoms with Gasteiger partial charge in [-0.2, -0.15) is 0 Å². The van der Waals surface area contributed by atoms with Gasteiger partial charge in [-0.1, -0.05) is 49.2 Å². The number of carbonyl (C=O) groups is 2. The highest BCUT2D eigenvalue weighted by atomic mass is 16.5. The minimum atomic E-state index is -0.736. The number of likely N-dealkylation sites (N-methyl/N-ethyl adjacent to an activating group) is 1. The lowest BCUT2D eigenvalue weighted by Crippen LogP contribution is -2.35. The van der Waals surface area contributed by atoms with Crippen molar-refractivity contribution in [3.8, 4) is 11.5 Å². The lowest BCUT2D eigenvalue weighted by molar-refractivity contribution is -0.140. The lowest BCUT2D eigenvalue weighted by atomic mass is 9.94. The number of Topliss-reactive ketones (excluding diaryl/α,β-unsaturated/α-hetero) is 1. The van der Waals surface area contributed by atoms with Gasteiger partial charge >= 0.3 is 0 Å². The average Bonchev–Trinajstić information content (AvgIpc) is 3.08. The SMILES string of the molecule is CCCCOc1ccc(C2C(=C(O)c3ccc(C)cc3)C(=O)C(=O)N2CCN(C)C)cc1OCC. The number of amides is 1. The zero-order chi connectivity index (χ0) is 25.5. The van der Waals surface area contributed by atoms with Crippen molar-refractivity contribution in [3.05, 3.63) is 64.7 Å². The molecule has 1 aliphatic heterocycles. The number of hydrogen-bond acceptors (Lipinski definition) is 6. The van der Waals surface area contributed by atoms with Crippen LogP contribution in [0.3, 0.4) is 0 Å². The van der Waals surface area contributed by atoms with E-state index in [1.165, 1.54) is 4.90 Å². The summed E-state index contributed by atoms with van der Waals surface area (Å²) in [7, 11) is 3.82. The third-order valence-corrected chi connectivity index (χ3v) is 5.99. The summed E-state index contributed by atoms with van der Waals surface area (Å²) in [5, 5.41) is 11.2. The third-order valence-electron chi connectivity index (χ3n) is 5.99. The van der Waals surface area contributed by atoms with E-state index < -0.39 is 17.7 Å². The number of aliphatic hydroxyl groups excluding tert-OH is 1. The number of aliphatic hydroxyl groups is 1. The molecule has 1 atom stereocenters. The molecule has 2 aromatic rings. The maximum absolute atomic E-state index is 13.2. The van der Waals surface area contributed by atoms with Gasteiger partial charge in [-0.25, -0.2) is 0 Å². The molecule has 35 heavy (non-hydrogen) atoms. The number of rotatable bonds is 11. The van der Waals surface area contributed by atoms with Gasteiger partial charge in [0.25, 0.3) is 11.7 Å². The van der Waals surface area contributed by atoms with Gasteiger partial charge in [0.2, 0.25) is 0 Å². The molecule has 1 heterocycles. The second-order valence-electron chi connectivity index (χ2n) is 9.00. The minimum Gasteiger partial charge on any atom is -0.507 e. The maximum atomic E-state index is 13.2. The highest BCUT2D eigenvalue weighted by molar-refractivity contribution is 6.46. The van der Waals surface area contributed by atoms with Crippen LogP contribution in [0.15, 0.2) is 48.0 Å². The second kappa shape index (κ2) is 11.9. The molecule has 0 aromatic heterocycles. The summed E-state index contributed by atoms with van der Waals surface area (Å²) in [6.45, 7) is 7.87. The van der Waals surface area contributed by atoms with Crippen LogP contribution >= 0.6 is 0 Å². The van der Waals surface area contributed by atoms with Crippen LogP contribution in [-0.4, -0.2) is 67.0 Å². The van der Waals surface area contributed by atoms with Crippen molar-refractivity contribution in [3.63, 3.8) is 0 Å². The predicted octanol–water partition coefficient (Wildman–Crippen LogP) is 4.56. The van der Waals surface area contributed by atoms with E-state index in [0.717, 1.165) is 18.4 Å². The van der Waals surface area contributed by atoms with Crippen LogP contribution in [0.1, 0.15) is 49.4 Å². The second-order valence-corrected chi connectivity index (χ2v) is 9.00. The molecule has 1 aliphatic rings. The Bertz CT molecular complexity index is 1080. The van der Waals surface area contributed by atoms with E-state index in [0.29, 0.717) is 48.9 Å². The highest BCUT2D eigenvalue weighted by Gasteiger charge is 2.46. The van der Waals surface area contributed by atoms with E-state index in [4.69, 9.17) is 9.47 Å². The number of benzene rings is 2. The molecule has 1 unspecified atom stereocenters. The lowest BCUT2D eigenvalue weighted by Gasteiger charge is -2.27. The number of carbonyl (C=O) groups excluding carboxylic acids is 2. The molecule has 3 rings (SSSR count). The van der Waals surface area contributed by atoms with Crippen molar-refractivity contribution in [1.29, 1.82) is 0 Å². The number of unbranched alkanes of at least 4 members (excludes halogenated alkanes) is 1. The Morgan fingerprint density at radius 3 is 2.37 bits per heavy atom. The van der Waals surface area contributed by atoms with Crippen LogP contribution < -0.4 is 9.47 Å². The van der Waals surface area contributed by atoms with Gasteiger partial charge in [0, 0.05) is 18.7 Å². The van der Waals surface area contributed by atoms with E-state index in [9.17, 15) is 14.7 Å². The van der Waals surface area contributed by atoms with Crippen LogP contribution in [0.25, 0.3) is 5.76 Å². The van der Waals surface area contributed by atoms with Crippen LogP contribution in [-0.2, 0) is 9.59 Å². The quantitative estimate of drug-likeness (QED) is 0.220. The summed E-state index contributed by atoms with van der Waals surface area (Å²) in [6.07, 6.45) is 1.94. The van der Waals surface area contributed by atoms with Crippen LogP contribution in [0.2, 0.25) is 0 Å². The smallest absolute Gasteiger partial charge is 0.295 e. The van der Waals surface area contributed by atoms with Gasteiger partial charge in [0.15, 0.2) is 11.5 Å². The Balaban J connectivity index is 2.12. The summed E-state index contributed by atoms with van der Waals surface area (Å²) >= 11 is 0. The van der Waals surface area contributed by atoms with Crippen LogP contribution in [0.5, 0.6) is 11.5 Å². The van der Waals surface area contributed by atoms with E-state index >= 15 is 0 Å². The van der Waals surface area contributed by atoms with Gasteiger partial charge < -0.3 is 24.4 Å². The first-order valence-electron chi connectivity index (χ1n) is 12.2. The molecule has 1 amide bonds. The Morgan fingerprint density at radius 2 is 1.74 bits per heavy atom.